The predicted molar refractivity (Wildman–Crippen MR) is 115 cm³/mol. The zero-order chi connectivity index (χ0) is 21.3. The van der Waals surface area contributed by atoms with E-state index in [0.717, 1.165) is 40.2 Å². The number of benzene rings is 2. The largest absolute Gasteiger partial charge is 0.339 e. The van der Waals surface area contributed by atoms with Gasteiger partial charge in [-0.3, -0.25) is 4.79 Å². The quantitative estimate of drug-likeness (QED) is 0.646. The van der Waals surface area contributed by atoms with Crippen molar-refractivity contribution in [1.82, 2.24) is 14.6 Å². The van der Waals surface area contributed by atoms with E-state index in [2.05, 4.69) is 4.72 Å². The molecule has 0 radical (unpaired) electrons. The third-order valence-corrected chi connectivity index (χ3v) is 8.00. The number of carbonyl (C=O) groups excluding carboxylic acids is 1. The summed E-state index contributed by atoms with van der Waals surface area (Å²) >= 11 is 1.67. The van der Waals surface area contributed by atoms with Crippen LogP contribution < -0.4 is 4.72 Å². The number of nitrogens with zero attached hydrogens (tertiary/aromatic N) is 2. The first-order valence-corrected chi connectivity index (χ1v) is 12.1. The lowest BCUT2D eigenvalue weighted by molar-refractivity contribution is 0.0708. The van der Waals surface area contributed by atoms with Gasteiger partial charge in [0, 0.05) is 25.6 Å². The van der Waals surface area contributed by atoms with Crippen LogP contribution in [0.4, 0.5) is 4.39 Å². The van der Waals surface area contributed by atoms with E-state index in [1.54, 1.807) is 23.2 Å². The molecule has 0 spiro atoms. The number of carbonyl (C=O) groups is 1. The van der Waals surface area contributed by atoms with E-state index in [1.807, 2.05) is 24.3 Å². The zero-order valence-electron chi connectivity index (χ0n) is 16.5. The lowest BCUT2D eigenvalue weighted by Crippen LogP contribution is -2.38. The standard InChI is InChI=1S/C21H22FN3O3S2/c1-2-23-30(27,28)15-7-8-17(22)16(13-15)21(26)25-11-9-14(10-12-25)20-24-18-5-3-4-6-19(18)29-20/h3-8,13-14,23H,2,9-12H2,1H3. The van der Waals surface area contributed by atoms with Gasteiger partial charge in [-0.05, 0) is 43.2 Å². The van der Waals surface area contributed by atoms with Gasteiger partial charge in [0.2, 0.25) is 10.0 Å². The number of para-hydroxylation sites is 1. The minimum atomic E-state index is -3.77. The Morgan fingerprint density at radius 1 is 1.23 bits per heavy atom. The molecule has 2 heterocycles. The number of rotatable bonds is 5. The molecule has 0 atom stereocenters. The van der Waals surface area contributed by atoms with E-state index in [4.69, 9.17) is 4.98 Å². The Bertz CT molecular complexity index is 1150. The molecule has 1 aliphatic heterocycles. The number of fused-ring (bicyclic) bond motifs is 1. The second-order valence-corrected chi connectivity index (χ2v) is 10.1. The van der Waals surface area contributed by atoms with Crippen LogP contribution in [0.25, 0.3) is 10.2 Å². The van der Waals surface area contributed by atoms with Crippen molar-refractivity contribution in [2.45, 2.75) is 30.6 Å². The highest BCUT2D eigenvalue weighted by Gasteiger charge is 2.28. The Morgan fingerprint density at radius 2 is 1.97 bits per heavy atom. The van der Waals surface area contributed by atoms with E-state index in [9.17, 15) is 17.6 Å². The Morgan fingerprint density at radius 3 is 2.67 bits per heavy atom. The third-order valence-electron chi connectivity index (χ3n) is 5.25. The normalized spacial score (nSPS) is 15.6. The SMILES string of the molecule is CCNS(=O)(=O)c1ccc(F)c(C(=O)N2CCC(c3nc4ccccc4s3)CC2)c1. The van der Waals surface area contributed by atoms with Crippen LogP contribution in [0.2, 0.25) is 0 Å². The number of nitrogens with one attached hydrogen (secondary N) is 1. The molecule has 1 amide bonds. The van der Waals surface area contributed by atoms with Gasteiger partial charge in [0.1, 0.15) is 5.82 Å². The first kappa shape index (κ1) is 20.9. The Hall–Kier alpha value is -2.36. The Kier molecular flexibility index (Phi) is 5.86. The van der Waals surface area contributed by atoms with Crippen molar-refractivity contribution < 1.29 is 17.6 Å². The highest BCUT2D eigenvalue weighted by molar-refractivity contribution is 7.89. The number of likely N-dealkylation sites (tertiary alicyclic amines) is 1. The van der Waals surface area contributed by atoms with Crippen LogP contribution in [0.3, 0.4) is 0 Å². The molecular weight excluding hydrogens is 425 g/mol. The van der Waals surface area contributed by atoms with Gasteiger partial charge in [0.05, 0.1) is 25.7 Å². The van der Waals surface area contributed by atoms with Crippen molar-refractivity contribution in [2.75, 3.05) is 19.6 Å². The molecule has 6 nitrogen and oxygen atoms in total. The van der Waals surface area contributed by atoms with Crippen molar-refractivity contribution in [1.29, 1.82) is 0 Å². The van der Waals surface area contributed by atoms with E-state index in [0.29, 0.717) is 13.1 Å². The maximum atomic E-state index is 14.3. The van der Waals surface area contributed by atoms with E-state index >= 15 is 0 Å². The first-order chi connectivity index (χ1) is 14.4. The molecule has 158 valence electrons. The number of sulfonamides is 1. The van der Waals surface area contributed by atoms with Gasteiger partial charge in [0.15, 0.2) is 0 Å². The molecule has 0 aliphatic carbocycles. The van der Waals surface area contributed by atoms with Crippen molar-refractivity contribution in [3.8, 4) is 0 Å². The highest BCUT2D eigenvalue weighted by Crippen LogP contribution is 2.34. The number of amides is 1. The minimum Gasteiger partial charge on any atom is -0.339 e. The second kappa shape index (κ2) is 8.41. The fraction of sp³-hybridized carbons (Fsp3) is 0.333. The van der Waals surface area contributed by atoms with Crippen LogP contribution in [0, 0.1) is 5.82 Å². The molecule has 1 aliphatic rings. The van der Waals surface area contributed by atoms with Crippen LogP contribution in [-0.2, 0) is 10.0 Å². The van der Waals surface area contributed by atoms with Gasteiger partial charge in [-0.2, -0.15) is 0 Å². The van der Waals surface area contributed by atoms with Crippen LogP contribution >= 0.6 is 11.3 Å². The molecule has 3 aromatic rings. The van der Waals surface area contributed by atoms with E-state index < -0.39 is 21.7 Å². The van der Waals surface area contributed by atoms with Gasteiger partial charge in [-0.15, -0.1) is 11.3 Å². The molecule has 9 heteroatoms. The number of hydrogen-bond acceptors (Lipinski definition) is 5. The van der Waals surface area contributed by atoms with E-state index in [-0.39, 0.29) is 22.9 Å². The summed E-state index contributed by atoms with van der Waals surface area (Å²) in [6.07, 6.45) is 1.48. The second-order valence-electron chi connectivity index (χ2n) is 7.23. The molecule has 30 heavy (non-hydrogen) atoms. The average molecular weight is 448 g/mol. The molecule has 1 aromatic heterocycles. The lowest BCUT2D eigenvalue weighted by atomic mass is 9.97. The summed E-state index contributed by atoms with van der Waals surface area (Å²) in [7, 11) is -3.77. The number of piperidine rings is 1. The summed E-state index contributed by atoms with van der Waals surface area (Å²) in [5.41, 5.74) is 0.768. The molecule has 1 fully saturated rings. The number of hydrogen-bond donors (Lipinski definition) is 1. The van der Waals surface area contributed by atoms with E-state index in [1.165, 1.54) is 6.07 Å². The van der Waals surface area contributed by atoms with Crippen LogP contribution in [-0.4, -0.2) is 43.8 Å². The summed E-state index contributed by atoms with van der Waals surface area (Å²) in [6.45, 7) is 2.82. The fourth-order valence-electron chi connectivity index (χ4n) is 3.67. The smallest absolute Gasteiger partial charge is 0.256 e. The van der Waals surface area contributed by atoms with Gasteiger partial charge in [0.25, 0.3) is 5.91 Å². The van der Waals surface area contributed by atoms with Crippen molar-refractivity contribution in [2.24, 2.45) is 0 Å². The van der Waals surface area contributed by atoms with Gasteiger partial charge < -0.3 is 4.90 Å². The summed E-state index contributed by atoms with van der Waals surface area (Å²) in [5, 5.41) is 1.06. The first-order valence-electron chi connectivity index (χ1n) is 9.83. The minimum absolute atomic E-state index is 0.113. The van der Waals surface area contributed by atoms with Crippen molar-refractivity contribution in [3.05, 3.63) is 58.9 Å². The third kappa shape index (κ3) is 4.10. The Balaban J connectivity index is 1.49. The summed E-state index contributed by atoms with van der Waals surface area (Å²) in [4.78, 5) is 19.1. The average Bonchev–Trinajstić information content (AvgIpc) is 3.18. The van der Waals surface area contributed by atoms with Crippen LogP contribution in [0.5, 0.6) is 0 Å². The summed E-state index contributed by atoms with van der Waals surface area (Å²) < 4.78 is 42.2. The fourth-order valence-corrected chi connectivity index (χ4v) is 5.88. The molecule has 4 rings (SSSR count). The van der Waals surface area contributed by atoms with Gasteiger partial charge in [-0.1, -0.05) is 19.1 Å². The van der Waals surface area contributed by atoms with Crippen molar-refractivity contribution >= 4 is 37.5 Å². The highest BCUT2D eigenvalue weighted by atomic mass is 32.2. The molecule has 1 saturated heterocycles. The van der Waals surface area contributed by atoms with Crippen molar-refractivity contribution in [3.63, 3.8) is 0 Å². The molecule has 0 bridgehead atoms. The molecular formula is C21H22FN3O3S2. The molecule has 0 unspecified atom stereocenters. The van der Waals surface area contributed by atoms with Gasteiger partial charge in [-0.25, -0.2) is 22.5 Å². The zero-order valence-corrected chi connectivity index (χ0v) is 18.1. The summed E-state index contributed by atoms with van der Waals surface area (Å²) in [6, 6.07) is 11.3. The lowest BCUT2D eigenvalue weighted by Gasteiger charge is -2.31. The monoisotopic (exact) mass is 447 g/mol. The van der Waals surface area contributed by atoms with Crippen LogP contribution in [0.15, 0.2) is 47.4 Å². The topological polar surface area (TPSA) is 79.4 Å². The van der Waals surface area contributed by atoms with Crippen LogP contribution in [0.1, 0.15) is 41.0 Å². The summed E-state index contributed by atoms with van der Waals surface area (Å²) in [5.74, 6) is -0.940. The maximum absolute atomic E-state index is 14.3. The number of halogens is 1. The number of thiazole rings is 1. The predicted octanol–water partition coefficient (Wildman–Crippen LogP) is 3.75. The van der Waals surface area contributed by atoms with Gasteiger partial charge >= 0.3 is 0 Å². The number of aromatic nitrogens is 1. The molecule has 2 aromatic carbocycles. The maximum Gasteiger partial charge on any atom is 0.256 e. The molecule has 1 N–H and O–H groups in total. The molecule has 0 saturated carbocycles. The Labute approximate surface area is 178 Å².